The van der Waals surface area contributed by atoms with Gasteiger partial charge in [0.1, 0.15) is 0 Å². The van der Waals surface area contributed by atoms with E-state index in [1.807, 2.05) is 56.3 Å². The lowest BCUT2D eigenvalue weighted by molar-refractivity contribution is -0.123. The molecule has 0 radical (unpaired) electrons. The molecule has 2 N–H and O–H groups in total. The van der Waals surface area contributed by atoms with E-state index in [1.54, 1.807) is 0 Å². The van der Waals surface area contributed by atoms with Crippen LogP contribution in [0, 0.1) is 13.8 Å². The predicted molar refractivity (Wildman–Crippen MR) is 95.4 cm³/mol. The third-order valence-corrected chi connectivity index (χ3v) is 4.24. The Hall–Kier alpha value is -2.14. The number of aryl methyl sites for hydroxylation is 2. The maximum absolute atomic E-state index is 11.9. The van der Waals surface area contributed by atoms with E-state index < -0.39 is 0 Å². The van der Waals surface area contributed by atoms with Crippen molar-refractivity contribution in [2.24, 2.45) is 0 Å². The Labute approximate surface area is 144 Å². The van der Waals surface area contributed by atoms with Gasteiger partial charge in [0.25, 0.3) is 0 Å². The van der Waals surface area contributed by atoms with Crippen LogP contribution in [0.3, 0.4) is 0 Å². The highest BCUT2D eigenvalue weighted by Gasteiger charge is 2.07. The summed E-state index contributed by atoms with van der Waals surface area (Å²) in [5.74, 6) is -0.424. The van der Waals surface area contributed by atoms with Gasteiger partial charge in [-0.2, -0.15) is 0 Å². The smallest absolute Gasteiger partial charge is 0.243 e. The van der Waals surface area contributed by atoms with Crippen molar-refractivity contribution in [3.63, 3.8) is 0 Å². The van der Waals surface area contributed by atoms with Gasteiger partial charge in [0.05, 0.1) is 13.0 Å². The molecule has 4 nitrogen and oxygen atoms in total. The van der Waals surface area contributed by atoms with E-state index in [9.17, 15) is 9.59 Å². The molecule has 0 bridgehead atoms. The van der Waals surface area contributed by atoms with Gasteiger partial charge in [0.15, 0.2) is 0 Å². The molecule has 23 heavy (non-hydrogen) atoms. The molecule has 0 unspecified atom stereocenters. The Balaban J connectivity index is 1.80. The summed E-state index contributed by atoms with van der Waals surface area (Å²) in [6.07, 6.45) is 0.267. The summed E-state index contributed by atoms with van der Waals surface area (Å²) in [6.45, 7) is 3.93. The zero-order valence-electron chi connectivity index (χ0n) is 13.2. The average molecular weight is 375 g/mol. The molecule has 5 heteroatoms. The number of anilines is 1. The molecule has 0 aliphatic carbocycles. The van der Waals surface area contributed by atoms with E-state index in [-0.39, 0.29) is 24.8 Å². The molecule has 0 fully saturated rings. The van der Waals surface area contributed by atoms with Crippen LogP contribution in [0.25, 0.3) is 0 Å². The lowest BCUT2D eigenvalue weighted by Gasteiger charge is -2.08. The number of amides is 2. The van der Waals surface area contributed by atoms with Crippen LogP contribution in [0.15, 0.2) is 46.9 Å². The molecule has 0 spiro atoms. The third kappa shape index (κ3) is 5.53. The molecule has 0 aliphatic rings. The first-order valence-corrected chi connectivity index (χ1v) is 8.11. The monoisotopic (exact) mass is 374 g/mol. The molecule has 2 aromatic carbocycles. The first kappa shape index (κ1) is 17.2. The Morgan fingerprint density at radius 2 is 1.70 bits per heavy atom. The Morgan fingerprint density at radius 1 is 1.00 bits per heavy atom. The number of benzene rings is 2. The van der Waals surface area contributed by atoms with Gasteiger partial charge < -0.3 is 10.6 Å². The van der Waals surface area contributed by atoms with Crippen molar-refractivity contribution in [3.05, 3.63) is 63.6 Å². The minimum absolute atomic E-state index is 0.0454. The SMILES string of the molecule is Cc1ccc(CC(=O)NCC(=O)Nc2ccc(C)c(Br)c2)cc1. The van der Waals surface area contributed by atoms with Gasteiger partial charge in [-0.1, -0.05) is 51.8 Å². The standard InChI is InChI=1S/C18H19BrN2O2/c1-12-3-6-14(7-4-12)9-17(22)20-11-18(23)21-15-8-5-13(2)16(19)10-15/h3-8,10H,9,11H2,1-2H3,(H,20,22)(H,21,23). The van der Waals surface area contributed by atoms with Crippen LogP contribution in [0.4, 0.5) is 5.69 Å². The quantitative estimate of drug-likeness (QED) is 0.842. The van der Waals surface area contributed by atoms with Crippen LogP contribution in [-0.2, 0) is 16.0 Å². The summed E-state index contributed by atoms with van der Waals surface area (Å²) < 4.78 is 0.929. The molecule has 0 saturated heterocycles. The summed E-state index contributed by atoms with van der Waals surface area (Å²) in [7, 11) is 0. The number of hydrogen-bond acceptors (Lipinski definition) is 2. The lowest BCUT2D eigenvalue weighted by atomic mass is 10.1. The molecular weight excluding hydrogens is 356 g/mol. The molecule has 0 atom stereocenters. The summed E-state index contributed by atoms with van der Waals surface area (Å²) in [5, 5.41) is 5.38. The van der Waals surface area contributed by atoms with Crippen molar-refractivity contribution in [1.82, 2.24) is 5.32 Å². The van der Waals surface area contributed by atoms with Crippen molar-refractivity contribution in [2.45, 2.75) is 20.3 Å². The molecule has 2 rings (SSSR count). The van der Waals surface area contributed by atoms with E-state index in [1.165, 1.54) is 0 Å². The van der Waals surface area contributed by atoms with E-state index in [4.69, 9.17) is 0 Å². The summed E-state index contributed by atoms with van der Waals surface area (Å²) in [6, 6.07) is 13.3. The second kappa shape index (κ2) is 7.92. The maximum Gasteiger partial charge on any atom is 0.243 e. The predicted octanol–water partition coefficient (Wildman–Crippen LogP) is 3.36. The summed E-state index contributed by atoms with van der Waals surface area (Å²) in [5.41, 5.74) is 3.86. The van der Waals surface area contributed by atoms with E-state index in [2.05, 4.69) is 26.6 Å². The third-order valence-electron chi connectivity index (χ3n) is 3.39. The van der Waals surface area contributed by atoms with E-state index in [0.29, 0.717) is 5.69 Å². The summed E-state index contributed by atoms with van der Waals surface area (Å²) >= 11 is 3.42. The van der Waals surface area contributed by atoms with E-state index in [0.717, 1.165) is 21.2 Å². The average Bonchev–Trinajstić information content (AvgIpc) is 2.51. The Morgan fingerprint density at radius 3 is 2.35 bits per heavy atom. The molecule has 2 aromatic rings. The normalized spacial score (nSPS) is 10.2. The van der Waals surface area contributed by atoms with Crippen molar-refractivity contribution in [2.75, 3.05) is 11.9 Å². The van der Waals surface area contributed by atoms with Crippen molar-refractivity contribution in [3.8, 4) is 0 Å². The highest BCUT2D eigenvalue weighted by atomic mass is 79.9. The highest BCUT2D eigenvalue weighted by Crippen LogP contribution is 2.20. The van der Waals surface area contributed by atoms with Gasteiger partial charge in [-0.3, -0.25) is 9.59 Å². The number of nitrogens with one attached hydrogen (secondary N) is 2. The number of carbonyl (C=O) groups is 2. The fourth-order valence-electron chi connectivity index (χ4n) is 2.01. The molecule has 120 valence electrons. The van der Waals surface area contributed by atoms with Crippen molar-refractivity contribution in [1.29, 1.82) is 0 Å². The number of halogens is 1. The Bertz CT molecular complexity index is 711. The zero-order chi connectivity index (χ0) is 16.8. The van der Waals surface area contributed by atoms with Gasteiger partial charge in [-0.05, 0) is 37.1 Å². The number of rotatable bonds is 5. The van der Waals surface area contributed by atoms with Crippen molar-refractivity contribution >= 4 is 33.4 Å². The van der Waals surface area contributed by atoms with E-state index >= 15 is 0 Å². The van der Waals surface area contributed by atoms with Gasteiger partial charge >= 0.3 is 0 Å². The molecule has 0 aromatic heterocycles. The van der Waals surface area contributed by atoms with Gasteiger partial charge in [-0.15, -0.1) is 0 Å². The fraction of sp³-hybridized carbons (Fsp3) is 0.222. The Kier molecular flexibility index (Phi) is 5.93. The molecule has 0 saturated carbocycles. The zero-order valence-corrected chi connectivity index (χ0v) is 14.7. The minimum atomic E-state index is -0.252. The second-order valence-electron chi connectivity index (χ2n) is 5.45. The lowest BCUT2D eigenvalue weighted by Crippen LogP contribution is -2.33. The summed E-state index contributed by atoms with van der Waals surface area (Å²) in [4.78, 5) is 23.7. The van der Waals surface area contributed by atoms with Crippen LogP contribution in [-0.4, -0.2) is 18.4 Å². The van der Waals surface area contributed by atoms with Crippen LogP contribution in [0.5, 0.6) is 0 Å². The van der Waals surface area contributed by atoms with Gasteiger partial charge in [0, 0.05) is 10.2 Å². The topological polar surface area (TPSA) is 58.2 Å². The first-order valence-electron chi connectivity index (χ1n) is 7.32. The first-order chi connectivity index (χ1) is 10.9. The van der Waals surface area contributed by atoms with Crippen LogP contribution in [0.1, 0.15) is 16.7 Å². The van der Waals surface area contributed by atoms with Crippen LogP contribution in [0.2, 0.25) is 0 Å². The molecule has 0 heterocycles. The number of carbonyl (C=O) groups excluding carboxylic acids is 2. The van der Waals surface area contributed by atoms with Gasteiger partial charge in [-0.25, -0.2) is 0 Å². The maximum atomic E-state index is 11.9. The largest absolute Gasteiger partial charge is 0.347 e. The second-order valence-corrected chi connectivity index (χ2v) is 6.31. The fourth-order valence-corrected chi connectivity index (χ4v) is 2.39. The minimum Gasteiger partial charge on any atom is -0.347 e. The molecular formula is C18H19BrN2O2. The molecule has 2 amide bonds. The number of hydrogen-bond donors (Lipinski definition) is 2. The van der Waals surface area contributed by atoms with Crippen LogP contribution < -0.4 is 10.6 Å². The highest BCUT2D eigenvalue weighted by molar-refractivity contribution is 9.10. The van der Waals surface area contributed by atoms with Crippen LogP contribution >= 0.6 is 15.9 Å². The molecule has 0 aliphatic heterocycles. The van der Waals surface area contributed by atoms with Gasteiger partial charge in [0.2, 0.25) is 11.8 Å². The van der Waals surface area contributed by atoms with Crippen molar-refractivity contribution < 1.29 is 9.59 Å².